The van der Waals surface area contributed by atoms with E-state index in [1.807, 2.05) is 18.2 Å². The van der Waals surface area contributed by atoms with E-state index in [1.165, 1.54) is 0 Å². The highest BCUT2D eigenvalue weighted by atomic mass is 16.5. The Hall–Kier alpha value is -2.43. The van der Waals surface area contributed by atoms with Gasteiger partial charge in [-0.05, 0) is 12.1 Å². The van der Waals surface area contributed by atoms with Gasteiger partial charge < -0.3 is 9.84 Å². The second-order valence-electron chi connectivity index (χ2n) is 3.64. The molecule has 0 radical (unpaired) electrons. The summed E-state index contributed by atoms with van der Waals surface area (Å²) in [5.41, 5.74) is 1.23. The summed E-state index contributed by atoms with van der Waals surface area (Å²) in [4.78, 5) is 19.1. The molecule has 0 aliphatic carbocycles. The normalized spacial score (nSPS) is 13.8. The first-order valence-electron chi connectivity index (χ1n) is 5.07. The quantitative estimate of drug-likeness (QED) is 0.807. The lowest BCUT2D eigenvalue weighted by molar-refractivity contribution is -0.129. The van der Waals surface area contributed by atoms with Crippen LogP contribution < -0.4 is 4.74 Å². The maximum atomic E-state index is 10.8. The summed E-state index contributed by atoms with van der Waals surface area (Å²) < 4.78 is 5.44. The smallest absolute Gasteiger partial charge is 0.353 e. The van der Waals surface area contributed by atoms with E-state index >= 15 is 0 Å². The summed E-state index contributed by atoms with van der Waals surface area (Å²) in [5.74, 6) is -0.509. The summed E-state index contributed by atoms with van der Waals surface area (Å²) in [6.07, 6.45) is 1.67. The number of ether oxygens (including phenoxy) is 1. The van der Waals surface area contributed by atoms with Gasteiger partial charge in [0.2, 0.25) is 0 Å². The minimum absolute atomic E-state index is 0.00720. The lowest BCUT2D eigenvalue weighted by atomic mass is 10.1. The largest absolute Gasteiger partial charge is 0.482 e. The van der Waals surface area contributed by atoms with Gasteiger partial charge in [0.05, 0.1) is 0 Å². The van der Waals surface area contributed by atoms with Crippen molar-refractivity contribution in [2.45, 2.75) is 0 Å². The summed E-state index contributed by atoms with van der Waals surface area (Å²) in [6, 6.07) is 7.34. The molecule has 3 rings (SSSR count). The van der Waals surface area contributed by atoms with Crippen LogP contribution in [-0.4, -0.2) is 28.4 Å². The van der Waals surface area contributed by atoms with Crippen LogP contribution in [0.15, 0.2) is 35.5 Å². The fourth-order valence-electron chi connectivity index (χ4n) is 1.77. The van der Waals surface area contributed by atoms with Crippen LogP contribution in [0.2, 0.25) is 0 Å². The van der Waals surface area contributed by atoms with Gasteiger partial charge in [0.15, 0.2) is 11.5 Å². The molecular formula is C12H8N2O3. The first kappa shape index (κ1) is 9.77. The van der Waals surface area contributed by atoms with E-state index in [0.29, 0.717) is 17.0 Å². The van der Waals surface area contributed by atoms with Gasteiger partial charge in [-0.25, -0.2) is 9.79 Å². The molecule has 0 saturated carbocycles. The average molecular weight is 228 g/mol. The van der Waals surface area contributed by atoms with Crippen molar-refractivity contribution in [1.29, 1.82) is 0 Å². The molecule has 0 saturated heterocycles. The van der Waals surface area contributed by atoms with Crippen LogP contribution in [-0.2, 0) is 4.79 Å². The molecule has 0 bridgehead atoms. The van der Waals surface area contributed by atoms with Crippen molar-refractivity contribution in [3.63, 3.8) is 0 Å². The van der Waals surface area contributed by atoms with Crippen molar-refractivity contribution in [1.82, 2.24) is 4.98 Å². The number of hydrogen-bond acceptors (Lipinski definition) is 4. The molecule has 1 aliphatic rings. The minimum atomic E-state index is -1.06. The summed E-state index contributed by atoms with van der Waals surface area (Å²) >= 11 is 0. The van der Waals surface area contributed by atoms with Gasteiger partial charge in [-0.15, -0.1) is 0 Å². The number of carboxylic acids is 1. The molecule has 1 N–H and O–H groups in total. The van der Waals surface area contributed by atoms with Gasteiger partial charge in [-0.2, -0.15) is 0 Å². The number of aromatic nitrogens is 1. The molecule has 1 aliphatic heterocycles. The Balaban J connectivity index is 2.24. The Morgan fingerprint density at radius 2 is 2.24 bits per heavy atom. The van der Waals surface area contributed by atoms with Crippen LogP contribution in [0.5, 0.6) is 5.75 Å². The molecule has 5 nitrogen and oxygen atoms in total. The highest BCUT2D eigenvalue weighted by Gasteiger charge is 2.20. The SMILES string of the molecule is O=C(O)C1=Nc2ccc3cccnc3c2OC1. The van der Waals surface area contributed by atoms with Crippen LogP contribution in [0.3, 0.4) is 0 Å². The fraction of sp³-hybridized carbons (Fsp3) is 0.0833. The Bertz CT molecular complexity index is 649. The van der Waals surface area contributed by atoms with Gasteiger partial charge >= 0.3 is 5.97 Å². The number of benzene rings is 1. The van der Waals surface area contributed by atoms with E-state index < -0.39 is 5.97 Å². The number of rotatable bonds is 1. The zero-order valence-corrected chi connectivity index (χ0v) is 8.75. The molecule has 1 aromatic heterocycles. The highest BCUT2D eigenvalue weighted by molar-refractivity contribution is 6.37. The van der Waals surface area contributed by atoms with Gasteiger partial charge in [-0.3, -0.25) is 4.98 Å². The number of pyridine rings is 1. The zero-order chi connectivity index (χ0) is 11.8. The predicted octanol–water partition coefficient (Wildman–Crippen LogP) is 1.78. The monoisotopic (exact) mass is 228 g/mol. The summed E-state index contributed by atoms with van der Waals surface area (Å²) in [5, 5.41) is 9.80. The first-order chi connectivity index (χ1) is 8.25. The standard InChI is InChI=1S/C12H8N2O3/c15-12(16)9-6-17-11-8(14-9)4-3-7-2-1-5-13-10(7)11/h1-5H,6H2,(H,15,16). The Labute approximate surface area is 96.4 Å². The number of aliphatic carboxylic acids is 1. The Morgan fingerprint density at radius 3 is 3.06 bits per heavy atom. The van der Waals surface area contributed by atoms with E-state index in [2.05, 4.69) is 9.98 Å². The zero-order valence-electron chi connectivity index (χ0n) is 8.75. The van der Waals surface area contributed by atoms with E-state index in [-0.39, 0.29) is 12.3 Å². The van der Waals surface area contributed by atoms with Crippen molar-refractivity contribution >= 4 is 28.3 Å². The second kappa shape index (κ2) is 3.55. The van der Waals surface area contributed by atoms with E-state index in [4.69, 9.17) is 9.84 Å². The first-order valence-corrected chi connectivity index (χ1v) is 5.07. The van der Waals surface area contributed by atoms with Crippen LogP contribution >= 0.6 is 0 Å². The van der Waals surface area contributed by atoms with E-state index in [1.54, 1.807) is 12.3 Å². The molecule has 5 heteroatoms. The van der Waals surface area contributed by atoms with Crippen molar-refractivity contribution < 1.29 is 14.6 Å². The van der Waals surface area contributed by atoms with Crippen molar-refractivity contribution in [2.75, 3.05) is 6.61 Å². The fourth-order valence-corrected chi connectivity index (χ4v) is 1.77. The summed E-state index contributed by atoms with van der Waals surface area (Å²) in [7, 11) is 0. The maximum absolute atomic E-state index is 10.8. The number of nitrogens with zero attached hydrogens (tertiary/aromatic N) is 2. The molecular weight excluding hydrogens is 220 g/mol. The molecule has 0 unspecified atom stereocenters. The predicted molar refractivity (Wildman–Crippen MR) is 62.0 cm³/mol. The lowest BCUT2D eigenvalue weighted by Gasteiger charge is -2.15. The second-order valence-corrected chi connectivity index (χ2v) is 3.64. The molecule has 2 aromatic rings. The number of carbonyl (C=O) groups is 1. The van der Waals surface area contributed by atoms with Crippen LogP contribution in [0.1, 0.15) is 0 Å². The molecule has 17 heavy (non-hydrogen) atoms. The third kappa shape index (κ3) is 1.52. The van der Waals surface area contributed by atoms with Crippen LogP contribution in [0, 0.1) is 0 Å². The Morgan fingerprint density at radius 1 is 1.35 bits per heavy atom. The van der Waals surface area contributed by atoms with E-state index in [0.717, 1.165) is 5.39 Å². The third-order valence-electron chi connectivity index (χ3n) is 2.56. The lowest BCUT2D eigenvalue weighted by Crippen LogP contribution is -2.23. The third-order valence-corrected chi connectivity index (χ3v) is 2.56. The molecule has 0 amide bonds. The van der Waals surface area contributed by atoms with Gasteiger partial charge in [-0.1, -0.05) is 12.1 Å². The molecule has 1 aromatic carbocycles. The number of aliphatic imine (C=N–C) groups is 1. The number of carboxylic acid groups (broad SMARTS) is 1. The van der Waals surface area contributed by atoms with Crippen molar-refractivity contribution in [3.05, 3.63) is 30.5 Å². The van der Waals surface area contributed by atoms with Crippen molar-refractivity contribution in [3.8, 4) is 5.75 Å². The van der Waals surface area contributed by atoms with Gasteiger partial charge in [0.25, 0.3) is 0 Å². The van der Waals surface area contributed by atoms with Gasteiger partial charge in [0, 0.05) is 11.6 Å². The van der Waals surface area contributed by atoms with E-state index in [9.17, 15) is 4.79 Å². The molecule has 84 valence electrons. The Kier molecular flexibility index (Phi) is 2.04. The maximum Gasteiger partial charge on any atom is 0.353 e. The molecule has 0 spiro atoms. The summed E-state index contributed by atoms with van der Waals surface area (Å²) in [6.45, 7) is -0.0297. The molecule has 0 fully saturated rings. The van der Waals surface area contributed by atoms with Gasteiger partial charge in [0.1, 0.15) is 17.8 Å². The topological polar surface area (TPSA) is 71.8 Å². The molecule has 2 heterocycles. The average Bonchev–Trinajstić information content (AvgIpc) is 2.38. The number of hydrogen-bond donors (Lipinski definition) is 1. The minimum Gasteiger partial charge on any atom is -0.482 e. The molecule has 0 atom stereocenters. The van der Waals surface area contributed by atoms with Crippen LogP contribution in [0.25, 0.3) is 10.9 Å². The number of fused-ring (bicyclic) bond motifs is 3. The van der Waals surface area contributed by atoms with Crippen LogP contribution in [0.4, 0.5) is 5.69 Å². The van der Waals surface area contributed by atoms with Crippen molar-refractivity contribution in [2.24, 2.45) is 4.99 Å². The highest BCUT2D eigenvalue weighted by Crippen LogP contribution is 2.36.